The molecular weight excluding hydrogens is 342 g/mol. The van der Waals surface area contributed by atoms with Crippen molar-refractivity contribution in [2.75, 3.05) is 19.9 Å². The molecule has 1 atom stereocenters. The highest BCUT2D eigenvalue weighted by Crippen LogP contribution is 2.33. The Morgan fingerprint density at radius 1 is 1.33 bits per heavy atom. The van der Waals surface area contributed by atoms with Crippen molar-refractivity contribution in [3.05, 3.63) is 41.2 Å². The Morgan fingerprint density at radius 2 is 2.19 bits per heavy atom. The number of likely N-dealkylation sites (tertiary alicyclic amines) is 1. The van der Waals surface area contributed by atoms with Crippen molar-refractivity contribution in [3.8, 4) is 11.5 Å². The van der Waals surface area contributed by atoms with Crippen LogP contribution in [0.2, 0.25) is 0 Å². The first kappa shape index (κ1) is 17.9. The average molecular weight is 369 g/mol. The number of H-pyrrole nitrogens is 1. The van der Waals surface area contributed by atoms with Crippen LogP contribution in [0.5, 0.6) is 11.5 Å². The number of carbonyl (C=O) groups is 1. The number of aromatic amines is 1. The highest BCUT2D eigenvalue weighted by molar-refractivity contribution is 5.79. The Morgan fingerprint density at radius 3 is 3.04 bits per heavy atom. The summed E-state index contributed by atoms with van der Waals surface area (Å²) >= 11 is 0. The molecule has 0 aliphatic carbocycles. The first-order chi connectivity index (χ1) is 13.1. The van der Waals surface area contributed by atoms with Gasteiger partial charge in [-0.2, -0.15) is 5.10 Å². The normalized spacial score (nSPS) is 18.9. The maximum atomic E-state index is 12.9. The van der Waals surface area contributed by atoms with Crippen LogP contribution in [0.1, 0.15) is 49.4 Å². The van der Waals surface area contributed by atoms with Gasteiger partial charge in [0.1, 0.15) is 0 Å². The van der Waals surface area contributed by atoms with E-state index in [0.717, 1.165) is 49.4 Å². The summed E-state index contributed by atoms with van der Waals surface area (Å²) in [7, 11) is 0. The fourth-order valence-corrected chi connectivity index (χ4v) is 4.05. The zero-order valence-electron chi connectivity index (χ0n) is 16.0. The van der Waals surface area contributed by atoms with Gasteiger partial charge in [0.25, 0.3) is 0 Å². The third-order valence-electron chi connectivity index (χ3n) is 5.35. The molecule has 2 aliphatic heterocycles. The van der Waals surface area contributed by atoms with E-state index in [1.54, 1.807) is 0 Å². The van der Waals surface area contributed by atoms with Crippen molar-refractivity contribution in [1.82, 2.24) is 15.1 Å². The fraction of sp³-hybridized carbons (Fsp3) is 0.524. The Kier molecular flexibility index (Phi) is 5.05. The number of fused-ring (bicyclic) bond motifs is 1. The van der Waals surface area contributed by atoms with Crippen LogP contribution in [0.4, 0.5) is 0 Å². The van der Waals surface area contributed by atoms with Gasteiger partial charge in [-0.15, -0.1) is 0 Å². The number of aromatic nitrogens is 2. The van der Waals surface area contributed by atoms with Gasteiger partial charge in [-0.25, -0.2) is 0 Å². The first-order valence-electron chi connectivity index (χ1n) is 9.78. The van der Waals surface area contributed by atoms with Crippen molar-refractivity contribution in [3.63, 3.8) is 0 Å². The van der Waals surface area contributed by atoms with Crippen molar-refractivity contribution in [1.29, 1.82) is 0 Å². The molecule has 1 aromatic heterocycles. The lowest BCUT2D eigenvalue weighted by molar-refractivity contribution is -0.131. The minimum Gasteiger partial charge on any atom is -0.454 e. The third-order valence-corrected chi connectivity index (χ3v) is 5.35. The number of rotatable bonds is 5. The number of amides is 1. The van der Waals surface area contributed by atoms with E-state index in [0.29, 0.717) is 18.3 Å². The molecule has 1 unspecified atom stereocenters. The van der Waals surface area contributed by atoms with Gasteiger partial charge in [0.2, 0.25) is 12.7 Å². The smallest absolute Gasteiger partial charge is 0.231 e. The SMILES string of the molecule is CC(C)Cc1cn[nH]c1C1CCCN(C(=O)Cc2ccc3c(c2)OCO3)C1. The molecule has 0 spiro atoms. The fourth-order valence-electron chi connectivity index (χ4n) is 4.05. The van der Waals surface area contributed by atoms with Crippen LogP contribution in [-0.4, -0.2) is 40.9 Å². The molecule has 1 saturated heterocycles. The summed E-state index contributed by atoms with van der Waals surface area (Å²) < 4.78 is 10.8. The summed E-state index contributed by atoms with van der Waals surface area (Å²) in [6, 6.07) is 5.74. The van der Waals surface area contributed by atoms with Gasteiger partial charge in [0.15, 0.2) is 11.5 Å². The minimum atomic E-state index is 0.170. The lowest BCUT2D eigenvalue weighted by atomic mass is 9.90. The molecule has 144 valence electrons. The number of carbonyl (C=O) groups excluding carboxylic acids is 1. The summed E-state index contributed by atoms with van der Waals surface area (Å²) in [5.74, 6) is 2.58. The molecule has 0 bridgehead atoms. The van der Waals surface area contributed by atoms with Crippen molar-refractivity contribution >= 4 is 5.91 Å². The van der Waals surface area contributed by atoms with Crippen molar-refractivity contribution < 1.29 is 14.3 Å². The Hall–Kier alpha value is -2.50. The number of ether oxygens (including phenoxy) is 2. The number of benzene rings is 1. The highest BCUT2D eigenvalue weighted by atomic mass is 16.7. The van der Waals surface area contributed by atoms with E-state index in [2.05, 4.69) is 24.0 Å². The maximum absolute atomic E-state index is 12.9. The summed E-state index contributed by atoms with van der Waals surface area (Å²) in [4.78, 5) is 14.9. The number of nitrogens with one attached hydrogen (secondary N) is 1. The van der Waals surface area contributed by atoms with Gasteiger partial charge in [0, 0.05) is 24.7 Å². The van der Waals surface area contributed by atoms with Gasteiger partial charge in [-0.05, 0) is 48.4 Å². The molecule has 2 aliphatic rings. The van der Waals surface area contributed by atoms with Crippen molar-refractivity contribution in [2.24, 2.45) is 5.92 Å². The largest absolute Gasteiger partial charge is 0.454 e. The molecule has 6 nitrogen and oxygen atoms in total. The number of piperidine rings is 1. The van der Waals surface area contributed by atoms with Crippen molar-refractivity contribution in [2.45, 2.75) is 45.4 Å². The molecule has 2 aromatic rings. The van der Waals surface area contributed by atoms with Crippen LogP contribution in [0, 0.1) is 5.92 Å². The molecule has 1 fully saturated rings. The Bertz CT molecular complexity index is 815. The summed E-state index contributed by atoms with van der Waals surface area (Å²) in [6.45, 7) is 6.28. The van der Waals surface area contributed by atoms with E-state index in [4.69, 9.17) is 9.47 Å². The quantitative estimate of drug-likeness (QED) is 0.878. The molecule has 1 amide bonds. The van der Waals surface area contributed by atoms with Crippen LogP contribution in [-0.2, 0) is 17.6 Å². The van der Waals surface area contributed by atoms with Crippen LogP contribution in [0.3, 0.4) is 0 Å². The lowest BCUT2D eigenvalue weighted by Crippen LogP contribution is -2.40. The van der Waals surface area contributed by atoms with E-state index in [9.17, 15) is 4.79 Å². The van der Waals surface area contributed by atoms with Crippen LogP contribution < -0.4 is 9.47 Å². The topological polar surface area (TPSA) is 67.5 Å². The van der Waals surface area contributed by atoms with E-state index in [-0.39, 0.29) is 12.7 Å². The van der Waals surface area contributed by atoms with E-state index < -0.39 is 0 Å². The van der Waals surface area contributed by atoms with Gasteiger partial charge in [0.05, 0.1) is 12.6 Å². The second-order valence-corrected chi connectivity index (χ2v) is 7.95. The number of nitrogens with zero attached hydrogens (tertiary/aromatic N) is 2. The minimum absolute atomic E-state index is 0.170. The third kappa shape index (κ3) is 3.94. The molecule has 3 heterocycles. The lowest BCUT2D eigenvalue weighted by Gasteiger charge is -2.33. The summed E-state index contributed by atoms with van der Waals surface area (Å²) in [6.07, 6.45) is 5.49. The molecule has 1 aromatic carbocycles. The number of hydrogen-bond acceptors (Lipinski definition) is 4. The number of hydrogen-bond donors (Lipinski definition) is 1. The van der Waals surface area contributed by atoms with E-state index in [1.165, 1.54) is 11.3 Å². The zero-order chi connectivity index (χ0) is 18.8. The van der Waals surface area contributed by atoms with Gasteiger partial charge in [-0.1, -0.05) is 19.9 Å². The standard InChI is InChI=1S/C21H27N3O3/c1-14(2)8-17-11-22-23-21(17)16-4-3-7-24(12-16)20(25)10-15-5-6-18-19(9-15)27-13-26-18/h5-6,9,11,14,16H,3-4,7-8,10,12-13H2,1-2H3,(H,22,23). The predicted molar refractivity (Wildman–Crippen MR) is 102 cm³/mol. The summed E-state index contributed by atoms with van der Waals surface area (Å²) in [5, 5.41) is 7.47. The van der Waals surface area contributed by atoms with E-state index in [1.807, 2.05) is 29.3 Å². The van der Waals surface area contributed by atoms with Crippen LogP contribution in [0.15, 0.2) is 24.4 Å². The molecule has 4 rings (SSSR count). The predicted octanol–water partition coefficient (Wildman–Crippen LogP) is 3.29. The van der Waals surface area contributed by atoms with Crippen LogP contribution in [0.25, 0.3) is 0 Å². The second kappa shape index (κ2) is 7.62. The summed E-state index contributed by atoms with van der Waals surface area (Å²) in [5.41, 5.74) is 3.47. The van der Waals surface area contributed by atoms with Gasteiger partial charge >= 0.3 is 0 Å². The Balaban J connectivity index is 1.42. The van der Waals surface area contributed by atoms with Gasteiger partial charge in [-0.3, -0.25) is 9.89 Å². The Labute approximate surface area is 159 Å². The molecule has 0 saturated carbocycles. The highest BCUT2D eigenvalue weighted by Gasteiger charge is 2.27. The van der Waals surface area contributed by atoms with Crippen LogP contribution >= 0.6 is 0 Å². The molecule has 0 radical (unpaired) electrons. The molecule has 6 heteroatoms. The molecular formula is C21H27N3O3. The van der Waals surface area contributed by atoms with E-state index >= 15 is 0 Å². The molecule has 27 heavy (non-hydrogen) atoms. The maximum Gasteiger partial charge on any atom is 0.231 e. The monoisotopic (exact) mass is 369 g/mol. The second-order valence-electron chi connectivity index (χ2n) is 7.95. The first-order valence-corrected chi connectivity index (χ1v) is 9.78. The zero-order valence-corrected chi connectivity index (χ0v) is 16.0. The average Bonchev–Trinajstić information content (AvgIpc) is 3.30. The molecule has 1 N–H and O–H groups in total. The van der Waals surface area contributed by atoms with Gasteiger partial charge < -0.3 is 14.4 Å².